The number of methoxy groups -OCH3 is 1. The molecule has 3 N–H and O–H groups in total. The summed E-state index contributed by atoms with van der Waals surface area (Å²) in [6, 6.07) is 24.6. The number of nitrogens with zero attached hydrogens (tertiary/aromatic N) is 1. The summed E-state index contributed by atoms with van der Waals surface area (Å²) in [5, 5.41) is 9.19. The minimum atomic E-state index is -0.347. The van der Waals surface area contributed by atoms with E-state index >= 15 is 0 Å². The lowest BCUT2D eigenvalue weighted by molar-refractivity contribution is 0.102. The van der Waals surface area contributed by atoms with Crippen LogP contribution in [-0.2, 0) is 0 Å². The highest BCUT2D eigenvalue weighted by molar-refractivity contribution is 6.04. The number of urea groups is 1. The third kappa shape index (κ3) is 4.97. The van der Waals surface area contributed by atoms with E-state index in [2.05, 4.69) is 20.9 Å². The van der Waals surface area contributed by atoms with E-state index in [1.165, 1.54) is 0 Å². The third-order valence-corrected chi connectivity index (χ3v) is 4.56. The van der Waals surface area contributed by atoms with E-state index in [0.29, 0.717) is 28.3 Å². The Morgan fingerprint density at radius 3 is 2.06 bits per heavy atom. The number of aromatic nitrogens is 1. The highest BCUT2D eigenvalue weighted by Gasteiger charge is 2.10. The fraction of sp³-hybridized carbons (Fsp3) is 0.0417. The number of amides is 3. The number of hydrogen-bond acceptors (Lipinski definition) is 4. The monoisotopic (exact) mass is 412 g/mol. The first kappa shape index (κ1) is 19.9. The number of fused-ring (bicyclic) bond motifs is 1. The van der Waals surface area contributed by atoms with Crippen molar-refractivity contribution >= 4 is 39.9 Å². The van der Waals surface area contributed by atoms with Crippen LogP contribution in [0, 0.1) is 0 Å². The standard InChI is InChI=1S/C24H20N4O3/c1-31-20-12-14-21-16(15-20)7-13-22(28-21)23(29)25-18-8-10-19(11-9-18)27-24(30)26-17-5-3-2-4-6-17/h2-15H,1H3,(H,25,29)(H2,26,27,30). The highest BCUT2D eigenvalue weighted by atomic mass is 16.5. The summed E-state index contributed by atoms with van der Waals surface area (Å²) in [5.41, 5.74) is 2.91. The Bertz CT molecular complexity index is 1220. The summed E-state index contributed by atoms with van der Waals surface area (Å²) in [7, 11) is 1.60. The average molecular weight is 412 g/mol. The second-order valence-corrected chi connectivity index (χ2v) is 6.73. The minimum Gasteiger partial charge on any atom is -0.497 e. The van der Waals surface area contributed by atoms with Crippen LogP contribution in [0.3, 0.4) is 0 Å². The molecule has 0 unspecified atom stereocenters. The zero-order chi connectivity index (χ0) is 21.6. The van der Waals surface area contributed by atoms with Crippen molar-refractivity contribution in [2.45, 2.75) is 0 Å². The molecule has 4 aromatic rings. The third-order valence-electron chi connectivity index (χ3n) is 4.56. The lowest BCUT2D eigenvalue weighted by Gasteiger charge is -2.09. The maximum Gasteiger partial charge on any atom is 0.323 e. The summed E-state index contributed by atoms with van der Waals surface area (Å²) in [5.74, 6) is 0.415. The van der Waals surface area contributed by atoms with Crippen LogP contribution in [-0.4, -0.2) is 24.0 Å². The molecule has 3 aromatic carbocycles. The molecule has 4 rings (SSSR count). The van der Waals surface area contributed by atoms with Crippen LogP contribution in [0.5, 0.6) is 5.75 Å². The van der Waals surface area contributed by atoms with Gasteiger partial charge in [0.2, 0.25) is 0 Å². The molecule has 0 aliphatic heterocycles. The Morgan fingerprint density at radius 2 is 1.39 bits per heavy atom. The molecule has 1 heterocycles. The number of rotatable bonds is 5. The van der Waals surface area contributed by atoms with Crippen molar-refractivity contribution in [2.24, 2.45) is 0 Å². The van der Waals surface area contributed by atoms with Crippen molar-refractivity contribution in [2.75, 3.05) is 23.1 Å². The van der Waals surface area contributed by atoms with Crippen molar-refractivity contribution < 1.29 is 14.3 Å². The number of carbonyl (C=O) groups excluding carboxylic acids is 2. The van der Waals surface area contributed by atoms with Gasteiger partial charge in [-0.2, -0.15) is 0 Å². The molecule has 7 nitrogen and oxygen atoms in total. The van der Waals surface area contributed by atoms with Crippen LogP contribution in [0.25, 0.3) is 10.9 Å². The number of anilines is 3. The Labute approximate surface area is 179 Å². The summed E-state index contributed by atoms with van der Waals surface area (Å²) < 4.78 is 5.21. The molecule has 0 saturated heterocycles. The molecule has 0 saturated carbocycles. The van der Waals surface area contributed by atoms with Crippen molar-refractivity contribution in [1.29, 1.82) is 0 Å². The molecule has 7 heteroatoms. The molecule has 31 heavy (non-hydrogen) atoms. The molecule has 0 fully saturated rings. The molecule has 0 aliphatic carbocycles. The molecule has 0 radical (unpaired) electrons. The Kier molecular flexibility index (Phi) is 5.75. The maximum atomic E-state index is 12.6. The van der Waals surface area contributed by atoms with E-state index in [1.807, 2.05) is 36.4 Å². The predicted octanol–water partition coefficient (Wildman–Crippen LogP) is 5.14. The second-order valence-electron chi connectivity index (χ2n) is 6.73. The first-order valence-corrected chi connectivity index (χ1v) is 9.60. The van der Waals surface area contributed by atoms with E-state index in [1.54, 1.807) is 55.6 Å². The fourth-order valence-electron chi connectivity index (χ4n) is 3.00. The van der Waals surface area contributed by atoms with Gasteiger partial charge in [-0.05, 0) is 60.7 Å². The molecular formula is C24H20N4O3. The zero-order valence-corrected chi connectivity index (χ0v) is 16.8. The molecular weight excluding hydrogens is 392 g/mol. The van der Waals surface area contributed by atoms with Crippen LogP contribution < -0.4 is 20.7 Å². The number of carbonyl (C=O) groups is 2. The average Bonchev–Trinajstić information content (AvgIpc) is 2.80. The Morgan fingerprint density at radius 1 is 0.742 bits per heavy atom. The SMILES string of the molecule is COc1ccc2nc(C(=O)Nc3ccc(NC(=O)Nc4ccccc4)cc3)ccc2c1. The van der Waals surface area contributed by atoms with Gasteiger partial charge in [-0.15, -0.1) is 0 Å². The van der Waals surface area contributed by atoms with Gasteiger partial charge in [-0.1, -0.05) is 24.3 Å². The first-order chi connectivity index (χ1) is 15.1. The smallest absolute Gasteiger partial charge is 0.323 e. The molecule has 154 valence electrons. The highest BCUT2D eigenvalue weighted by Crippen LogP contribution is 2.20. The molecule has 3 amide bonds. The zero-order valence-electron chi connectivity index (χ0n) is 16.8. The summed E-state index contributed by atoms with van der Waals surface area (Å²) >= 11 is 0. The number of pyridine rings is 1. The molecule has 0 bridgehead atoms. The van der Waals surface area contributed by atoms with E-state index in [-0.39, 0.29) is 11.9 Å². The summed E-state index contributed by atoms with van der Waals surface area (Å²) in [6.07, 6.45) is 0. The van der Waals surface area contributed by atoms with Gasteiger partial charge in [0, 0.05) is 22.4 Å². The number of nitrogens with one attached hydrogen (secondary N) is 3. The van der Waals surface area contributed by atoms with Crippen molar-refractivity contribution in [3.63, 3.8) is 0 Å². The largest absolute Gasteiger partial charge is 0.497 e. The van der Waals surface area contributed by atoms with Crippen LogP contribution in [0.2, 0.25) is 0 Å². The van der Waals surface area contributed by atoms with E-state index in [0.717, 1.165) is 11.1 Å². The van der Waals surface area contributed by atoms with Gasteiger partial charge in [-0.3, -0.25) is 4.79 Å². The molecule has 0 aliphatic rings. The van der Waals surface area contributed by atoms with Crippen molar-refractivity contribution in [3.8, 4) is 5.75 Å². The number of para-hydroxylation sites is 1. The Balaban J connectivity index is 1.38. The van der Waals surface area contributed by atoms with E-state index in [4.69, 9.17) is 4.74 Å². The van der Waals surface area contributed by atoms with Crippen LogP contribution in [0.1, 0.15) is 10.5 Å². The van der Waals surface area contributed by atoms with Crippen LogP contribution in [0.4, 0.5) is 21.9 Å². The van der Waals surface area contributed by atoms with E-state index < -0.39 is 0 Å². The maximum absolute atomic E-state index is 12.6. The normalized spacial score (nSPS) is 10.4. The topological polar surface area (TPSA) is 92.3 Å². The molecule has 0 atom stereocenters. The Hall–Kier alpha value is -4.39. The van der Waals surface area contributed by atoms with Crippen LogP contribution >= 0.6 is 0 Å². The number of ether oxygens (including phenoxy) is 1. The van der Waals surface area contributed by atoms with Gasteiger partial charge in [0.25, 0.3) is 5.91 Å². The minimum absolute atomic E-state index is 0.308. The van der Waals surface area contributed by atoms with Gasteiger partial charge in [-0.25, -0.2) is 9.78 Å². The van der Waals surface area contributed by atoms with Gasteiger partial charge in [0.1, 0.15) is 11.4 Å². The van der Waals surface area contributed by atoms with Gasteiger partial charge in [0.05, 0.1) is 12.6 Å². The lowest BCUT2D eigenvalue weighted by Crippen LogP contribution is -2.19. The van der Waals surface area contributed by atoms with Gasteiger partial charge in [0.15, 0.2) is 0 Å². The fourth-order valence-corrected chi connectivity index (χ4v) is 3.00. The molecule has 1 aromatic heterocycles. The predicted molar refractivity (Wildman–Crippen MR) is 122 cm³/mol. The van der Waals surface area contributed by atoms with Gasteiger partial charge >= 0.3 is 6.03 Å². The quantitative estimate of drug-likeness (QED) is 0.423. The lowest BCUT2D eigenvalue weighted by atomic mass is 10.2. The number of hydrogen-bond donors (Lipinski definition) is 3. The van der Waals surface area contributed by atoms with E-state index in [9.17, 15) is 9.59 Å². The number of benzene rings is 3. The first-order valence-electron chi connectivity index (χ1n) is 9.60. The summed E-state index contributed by atoms with van der Waals surface area (Å²) in [6.45, 7) is 0. The summed E-state index contributed by atoms with van der Waals surface area (Å²) in [4.78, 5) is 29.0. The van der Waals surface area contributed by atoms with Crippen LogP contribution in [0.15, 0.2) is 84.9 Å². The molecule has 0 spiro atoms. The second kappa shape index (κ2) is 8.96. The van der Waals surface area contributed by atoms with Crippen molar-refractivity contribution in [3.05, 3.63) is 90.6 Å². The van der Waals surface area contributed by atoms with Crippen molar-refractivity contribution in [1.82, 2.24) is 4.98 Å². The van der Waals surface area contributed by atoms with Gasteiger partial charge < -0.3 is 20.7 Å².